The molecule has 1 saturated carbocycles. The minimum absolute atomic E-state index is 0.789. The van der Waals surface area contributed by atoms with E-state index in [1.807, 2.05) is 0 Å². The lowest BCUT2D eigenvalue weighted by atomic mass is 9.76. The lowest BCUT2D eigenvalue weighted by Crippen LogP contribution is -2.14. The number of unbranched alkanes of at least 4 members (excludes halogenated alkanes) is 3. The Morgan fingerprint density at radius 2 is 1.45 bits per heavy atom. The van der Waals surface area contributed by atoms with Gasteiger partial charge in [-0.2, -0.15) is 0 Å². The van der Waals surface area contributed by atoms with Gasteiger partial charge in [-0.25, -0.2) is 0 Å². The van der Waals surface area contributed by atoms with Gasteiger partial charge in [0.15, 0.2) is 0 Å². The molecule has 3 rings (SSSR count). The highest BCUT2D eigenvalue weighted by Gasteiger charge is 2.23. The summed E-state index contributed by atoms with van der Waals surface area (Å²) in [7, 11) is 0. The minimum Gasteiger partial charge on any atom is -0.494 e. The van der Waals surface area contributed by atoms with E-state index in [1.165, 1.54) is 74.5 Å². The Morgan fingerprint density at radius 1 is 0.774 bits per heavy atom. The van der Waals surface area contributed by atoms with Crippen LogP contribution in [0.25, 0.3) is 0 Å². The van der Waals surface area contributed by atoms with Gasteiger partial charge in [0, 0.05) is 0 Å². The fraction of sp³-hybridized carbons (Fsp3) is 0.600. The molecule has 0 radical (unpaired) electrons. The first-order valence-electron chi connectivity index (χ1n) is 13.0. The van der Waals surface area contributed by atoms with E-state index in [0.29, 0.717) is 0 Å². The van der Waals surface area contributed by atoms with E-state index in [2.05, 4.69) is 63.2 Å². The molecule has 31 heavy (non-hydrogen) atoms. The molecule has 0 aliphatic heterocycles. The summed E-state index contributed by atoms with van der Waals surface area (Å²) in [5.74, 6) is 2.78. The van der Waals surface area contributed by atoms with Gasteiger partial charge in [-0.15, -0.1) is 0 Å². The molecular formula is C30H44O. The normalized spacial score (nSPS) is 18.8. The summed E-state index contributed by atoms with van der Waals surface area (Å²) in [6.07, 6.45) is 15.8. The molecule has 1 aliphatic carbocycles. The summed E-state index contributed by atoms with van der Waals surface area (Å²) in [5.41, 5.74) is 5.99. The summed E-state index contributed by atoms with van der Waals surface area (Å²) < 4.78 is 5.78. The van der Waals surface area contributed by atoms with Crippen molar-refractivity contribution in [3.63, 3.8) is 0 Å². The van der Waals surface area contributed by atoms with Gasteiger partial charge < -0.3 is 4.74 Å². The SMILES string of the molecule is CCCCC[C@H]1CC[C@H](c2ccc(CCc3ccc(OCCCC)cc3)cc2C)CC1. The largest absolute Gasteiger partial charge is 0.494 e. The topological polar surface area (TPSA) is 9.23 Å². The van der Waals surface area contributed by atoms with E-state index >= 15 is 0 Å². The van der Waals surface area contributed by atoms with Gasteiger partial charge in [-0.05, 0) is 98.1 Å². The van der Waals surface area contributed by atoms with E-state index < -0.39 is 0 Å². The number of hydrogen-bond acceptors (Lipinski definition) is 1. The third kappa shape index (κ3) is 7.70. The predicted molar refractivity (Wildman–Crippen MR) is 134 cm³/mol. The smallest absolute Gasteiger partial charge is 0.119 e. The Balaban J connectivity index is 1.46. The first-order valence-corrected chi connectivity index (χ1v) is 13.0. The van der Waals surface area contributed by atoms with Crippen LogP contribution in [0.2, 0.25) is 0 Å². The van der Waals surface area contributed by atoms with Crippen LogP contribution < -0.4 is 4.74 Å². The molecule has 0 bridgehead atoms. The van der Waals surface area contributed by atoms with Crippen molar-refractivity contribution in [2.24, 2.45) is 5.92 Å². The molecule has 1 heteroatoms. The third-order valence-corrected chi connectivity index (χ3v) is 7.23. The van der Waals surface area contributed by atoms with Crippen LogP contribution in [0.5, 0.6) is 5.75 Å². The Hall–Kier alpha value is -1.76. The summed E-state index contributed by atoms with van der Waals surface area (Å²) in [6, 6.07) is 16.0. The molecule has 0 heterocycles. The Bertz CT molecular complexity index is 752. The van der Waals surface area contributed by atoms with Gasteiger partial charge in [0.1, 0.15) is 5.75 Å². The zero-order valence-electron chi connectivity index (χ0n) is 20.3. The van der Waals surface area contributed by atoms with Gasteiger partial charge in [0.05, 0.1) is 6.61 Å². The van der Waals surface area contributed by atoms with Crippen molar-refractivity contribution >= 4 is 0 Å². The van der Waals surface area contributed by atoms with Crippen molar-refractivity contribution in [3.05, 3.63) is 64.7 Å². The second-order valence-corrected chi connectivity index (χ2v) is 9.75. The first kappa shape index (κ1) is 23.9. The standard InChI is InChI=1S/C30H44O/c1-4-6-8-9-25-12-17-28(18-13-25)30-21-16-27(23-24(30)3)11-10-26-14-19-29(20-15-26)31-22-7-5-2/h14-16,19-21,23,25,28H,4-13,17-18,22H2,1-3H3/t25-,28-. The fourth-order valence-corrected chi connectivity index (χ4v) is 5.17. The highest BCUT2D eigenvalue weighted by Crippen LogP contribution is 2.39. The maximum absolute atomic E-state index is 5.78. The van der Waals surface area contributed by atoms with Crippen LogP contribution in [-0.2, 0) is 12.8 Å². The lowest BCUT2D eigenvalue weighted by Gasteiger charge is -2.30. The average Bonchev–Trinajstić information content (AvgIpc) is 2.80. The monoisotopic (exact) mass is 420 g/mol. The second kappa shape index (κ2) is 12.9. The molecule has 2 aromatic carbocycles. The lowest BCUT2D eigenvalue weighted by molar-refractivity contribution is 0.302. The summed E-state index contributed by atoms with van der Waals surface area (Å²) in [4.78, 5) is 0. The second-order valence-electron chi connectivity index (χ2n) is 9.75. The van der Waals surface area contributed by atoms with Crippen molar-refractivity contribution in [2.75, 3.05) is 6.61 Å². The maximum atomic E-state index is 5.78. The summed E-state index contributed by atoms with van der Waals surface area (Å²) in [6.45, 7) is 7.65. The van der Waals surface area contributed by atoms with Crippen LogP contribution in [-0.4, -0.2) is 6.61 Å². The highest BCUT2D eigenvalue weighted by atomic mass is 16.5. The zero-order chi connectivity index (χ0) is 21.9. The van der Waals surface area contributed by atoms with Crippen molar-refractivity contribution in [2.45, 2.75) is 104 Å². The molecule has 0 spiro atoms. The molecule has 1 fully saturated rings. The summed E-state index contributed by atoms with van der Waals surface area (Å²) in [5, 5.41) is 0. The number of hydrogen-bond donors (Lipinski definition) is 0. The molecule has 0 atom stereocenters. The van der Waals surface area contributed by atoms with Crippen LogP contribution in [0.1, 0.15) is 106 Å². The molecular weight excluding hydrogens is 376 g/mol. The van der Waals surface area contributed by atoms with E-state index in [-0.39, 0.29) is 0 Å². The first-order chi connectivity index (χ1) is 15.2. The van der Waals surface area contributed by atoms with E-state index in [0.717, 1.165) is 43.5 Å². The average molecular weight is 421 g/mol. The Labute approximate surface area is 191 Å². The fourth-order valence-electron chi connectivity index (χ4n) is 5.17. The molecule has 1 aliphatic rings. The van der Waals surface area contributed by atoms with Crippen LogP contribution in [0.3, 0.4) is 0 Å². The van der Waals surface area contributed by atoms with Gasteiger partial charge in [-0.1, -0.05) is 76.3 Å². The van der Waals surface area contributed by atoms with Crippen molar-refractivity contribution in [1.82, 2.24) is 0 Å². The molecule has 2 aromatic rings. The molecule has 0 saturated heterocycles. The van der Waals surface area contributed by atoms with Crippen LogP contribution in [0, 0.1) is 12.8 Å². The van der Waals surface area contributed by atoms with Gasteiger partial charge in [0.2, 0.25) is 0 Å². The van der Waals surface area contributed by atoms with Crippen molar-refractivity contribution in [3.8, 4) is 5.75 Å². The predicted octanol–water partition coefficient (Wildman–Crippen LogP) is 8.81. The van der Waals surface area contributed by atoms with E-state index in [4.69, 9.17) is 4.74 Å². The highest BCUT2D eigenvalue weighted by molar-refractivity contribution is 5.35. The maximum Gasteiger partial charge on any atom is 0.119 e. The molecule has 170 valence electrons. The zero-order valence-corrected chi connectivity index (χ0v) is 20.3. The van der Waals surface area contributed by atoms with Crippen molar-refractivity contribution in [1.29, 1.82) is 0 Å². The molecule has 1 nitrogen and oxygen atoms in total. The van der Waals surface area contributed by atoms with Gasteiger partial charge in [0.25, 0.3) is 0 Å². The number of ether oxygens (including phenoxy) is 1. The van der Waals surface area contributed by atoms with Crippen LogP contribution in [0.15, 0.2) is 42.5 Å². The third-order valence-electron chi connectivity index (χ3n) is 7.23. The Morgan fingerprint density at radius 3 is 2.13 bits per heavy atom. The van der Waals surface area contributed by atoms with Crippen LogP contribution >= 0.6 is 0 Å². The molecule has 0 amide bonds. The quantitative estimate of drug-likeness (QED) is 0.312. The van der Waals surface area contributed by atoms with Crippen molar-refractivity contribution < 1.29 is 4.74 Å². The number of aryl methyl sites for hydroxylation is 3. The molecule has 0 N–H and O–H groups in total. The molecule has 0 aromatic heterocycles. The van der Waals surface area contributed by atoms with Gasteiger partial charge >= 0.3 is 0 Å². The van der Waals surface area contributed by atoms with Gasteiger partial charge in [-0.3, -0.25) is 0 Å². The number of benzene rings is 2. The molecule has 0 unspecified atom stereocenters. The van der Waals surface area contributed by atoms with E-state index in [9.17, 15) is 0 Å². The van der Waals surface area contributed by atoms with Crippen LogP contribution in [0.4, 0.5) is 0 Å². The minimum atomic E-state index is 0.789. The van der Waals surface area contributed by atoms with E-state index in [1.54, 1.807) is 5.56 Å². The summed E-state index contributed by atoms with van der Waals surface area (Å²) >= 11 is 0. The Kier molecular flexibility index (Phi) is 9.97. The number of rotatable bonds is 12.